The second kappa shape index (κ2) is 6.29. The zero-order chi connectivity index (χ0) is 14.5. The Hall–Kier alpha value is -2.21. The number of nitrogens with one attached hydrogen (secondary N) is 1. The fourth-order valence-electron chi connectivity index (χ4n) is 1.98. The van der Waals surface area contributed by atoms with Gasteiger partial charge in [0, 0.05) is 18.5 Å². The van der Waals surface area contributed by atoms with Gasteiger partial charge in [0.2, 0.25) is 11.0 Å². The summed E-state index contributed by atoms with van der Waals surface area (Å²) in [5, 5.41) is 22.2. The van der Waals surface area contributed by atoms with Gasteiger partial charge in [-0.3, -0.25) is 0 Å². The van der Waals surface area contributed by atoms with E-state index in [0.29, 0.717) is 18.8 Å². The fourth-order valence-corrected chi connectivity index (χ4v) is 2.10. The van der Waals surface area contributed by atoms with Crippen LogP contribution in [0.4, 0.5) is 5.69 Å². The molecule has 0 atom stereocenters. The van der Waals surface area contributed by atoms with Crippen molar-refractivity contribution in [1.82, 2.24) is 9.88 Å². The Morgan fingerprint density at radius 3 is 2.95 bits per heavy atom. The van der Waals surface area contributed by atoms with Crippen molar-refractivity contribution in [1.29, 1.82) is 0 Å². The van der Waals surface area contributed by atoms with E-state index in [0.717, 1.165) is 10.9 Å². The van der Waals surface area contributed by atoms with E-state index < -0.39 is 0 Å². The van der Waals surface area contributed by atoms with Gasteiger partial charge in [-0.05, 0) is 25.2 Å². The molecule has 1 aromatic carbocycles. The van der Waals surface area contributed by atoms with Gasteiger partial charge in [0.1, 0.15) is 0 Å². The highest BCUT2D eigenvalue weighted by Crippen LogP contribution is 2.38. The van der Waals surface area contributed by atoms with Crippen LogP contribution in [-0.4, -0.2) is 21.3 Å². The van der Waals surface area contributed by atoms with Gasteiger partial charge in [0.15, 0.2) is 5.69 Å². The third kappa shape index (κ3) is 2.70. The van der Waals surface area contributed by atoms with Crippen molar-refractivity contribution in [2.24, 2.45) is 10.2 Å². The molecule has 0 saturated heterocycles. The highest BCUT2D eigenvalue weighted by Gasteiger charge is 2.14. The lowest BCUT2D eigenvalue weighted by Gasteiger charge is -2.01. The molecule has 1 heterocycles. The summed E-state index contributed by atoms with van der Waals surface area (Å²) in [4.78, 5) is 0. The Morgan fingerprint density at radius 1 is 1.50 bits per heavy atom. The number of para-hydroxylation sites is 1. The minimum atomic E-state index is 0.101. The van der Waals surface area contributed by atoms with Crippen LogP contribution in [0.5, 0.6) is 5.88 Å². The summed E-state index contributed by atoms with van der Waals surface area (Å²) in [7, 11) is 0. The lowest BCUT2D eigenvalue weighted by Crippen LogP contribution is -2.18. The number of aromatic nitrogens is 1. The Morgan fingerprint density at radius 2 is 2.25 bits per heavy atom. The second-order valence-corrected chi connectivity index (χ2v) is 4.50. The summed E-state index contributed by atoms with van der Waals surface area (Å²) < 4.78 is 1.78. The van der Waals surface area contributed by atoms with Crippen LogP contribution in [0, 0.1) is 0 Å². The molecule has 0 aliphatic carbocycles. The molecular formula is C14H16N4OS. The maximum atomic E-state index is 10.2. The van der Waals surface area contributed by atoms with Crippen molar-refractivity contribution in [2.45, 2.75) is 13.5 Å². The van der Waals surface area contributed by atoms with Gasteiger partial charge < -0.3 is 15.0 Å². The first-order chi connectivity index (χ1) is 9.69. The van der Waals surface area contributed by atoms with Gasteiger partial charge in [-0.1, -0.05) is 24.3 Å². The van der Waals surface area contributed by atoms with Gasteiger partial charge in [-0.15, -0.1) is 16.8 Å². The summed E-state index contributed by atoms with van der Waals surface area (Å²) in [5.41, 5.74) is 1.36. The molecule has 2 aromatic rings. The third-order valence-electron chi connectivity index (χ3n) is 2.87. The van der Waals surface area contributed by atoms with E-state index in [2.05, 4.69) is 22.1 Å². The number of fused-ring (bicyclic) bond motifs is 1. The van der Waals surface area contributed by atoms with Crippen LogP contribution in [0.2, 0.25) is 0 Å². The van der Waals surface area contributed by atoms with Crippen molar-refractivity contribution in [3.05, 3.63) is 36.9 Å². The molecule has 0 aliphatic rings. The van der Waals surface area contributed by atoms with Crippen LogP contribution >= 0.6 is 12.2 Å². The average molecular weight is 288 g/mol. The zero-order valence-corrected chi connectivity index (χ0v) is 12.0. The van der Waals surface area contributed by atoms with E-state index in [1.54, 1.807) is 10.6 Å². The lowest BCUT2D eigenvalue weighted by atomic mass is 10.2. The van der Waals surface area contributed by atoms with Gasteiger partial charge >= 0.3 is 0 Å². The van der Waals surface area contributed by atoms with E-state index in [4.69, 9.17) is 12.2 Å². The molecule has 1 aromatic heterocycles. The van der Waals surface area contributed by atoms with Crippen LogP contribution in [0.15, 0.2) is 47.1 Å². The zero-order valence-electron chi connectivity index (χ0n) is 11.2. The number of nitrogens with zero attached hydrogens (tertiary/aromatic N) is 3. The second-order valence-electron chi connectivity index (χ2n) is 4.11. The number of aryl methyl sites for hydroxylation is 1. The Labute approximate surface area is 122 Å². The summed E-state index contributed by atoms with van der Waals surface area (Å²) >= 11 is 5.01. The largest absolute Gasteiger partial charge is 0.493 e. The van der Waals surface area contributed by atoms with E-state index in [1.807, 2.05) is 31.2 Å². The highest BCUT2D eigenvalue weighted by molar-refractivity contribution is 7.80. The molecule has 104 valence electrons. The van der Waals surface area contributed by atoms with Gasteiger partial charge in [-0.25, -0.2) is 0 Å². The summed E-state index contributed by atoms with van der Waals surface area (Å²) in [5.74, 6) is 0.101. The molecule has 5 nitrogen and oxygen atoms in total. The SMILES string of the molecule is C=CCNC(=S)N=Nc1c(O)n(CC)c2ccccc12. The summed E-state index contributed by atoms with van der Waals surface area (Å²) in [6, 6.07) is 7.65. The minimum Gasteiger partial charge on any atom is -0.493 e. The quantitative estimate of drug-likeness (QED) is 0.514. The van der Waals surface area contributed by atoms with E-state index in [-0.39, 0.29) is 11.0 Å². The number of benzene rings is 1. The predicted octanol–water partition coefficient (Wildman–Crippen LogP) is 3.51. The highest BCUT2D eigenvalue weighted by atomic mass is 32.1. The Kier molecular flexibility index (Phi) is 4.47. The summed E-state index contributed by atoms with van der Waals surface area (Å²) in [6.45, 7) is 6.73. The van der Waals surface area contributed by atoms with Crippen molar-refractivity contribution in [2.75, 3.05) is 6.54 Å². The minimum absolute atomic E-state index is 0.101. The van der Waals surface area contributed by atoms with Crippen molar-refractivity contribution >= 4 is 33.9 Å². The number of azo groups is 1. The standard InChI is InChI=1S/C14H16N4OS/c1-3-9-15-14(20)17-16-12-10-7-5-6-8-11(10)18(4-2)13(12)19/h3,5-8,19H,1,4,9H2,2H3,(H,15,20). The molecule has 0 saturated carbocycles. The maximum Gasteiger partial charge on any atom is 0.220 e. The van der Waals surface area contributed by atoms with Crippen molar-refractivity contribution < 1.29 is 5.11 Å². The lowest BCUT2D eigenvalue weighted by molar-refractivity contribution is 0.427. The molecule has 6 heteroatoms. The number of hydrogen-bond acceptors (Lipinski definition) is 3. The first kappa shape index (κ1) is 14.2. The molecule has 2 rings (SSSR count). The first-order valence-corrected chi connectivity index (χ1v) is 6.70. The van der Waals surface area contributed by atoms with E-state index in [1.165, 1.54) is 0 Å². The van der Waals surface area contributed by atoms with Crippen molar-refractivity contribution in [3.63, 3.8) is 0 Å². The first-order valence-electron chi connectivity index (χ1n) is 6.29. The van der Waals surface area contributed by atoms with E-state index in [9.17, 15) is 5.11 Å². The van der Waals surface area contributed by atoms with Crippen LogP contribution in [0.3, 0.4) is 0 Å². The molecule has 2 N–H and O–H groups in total. The Balaban J connectivity index is 2.39. The molecular weight excluding hydrogens is 272 g/mol. The van der Waals surface area contributed by atoms with Crippen LogP contribution in [0.25, 0.3) is 10.9 Å². The molecule has 20 heavy (non-hydrogen) atoms. The number of thiocarbonyl (C=S) groups is 1. The molecule has 0 bridgehead atoms. The van der Waals surface area contributed by atoms with Gasteiger partial charge in [0.05, 0.1) is 5.52 Å². The normalized spacial score (nSPS) is 11.1. The number of rotatable bonds is 4. The smallest absolute Gasteiger partial charge is 0.220 e. The van der Waals surface area contributed by atoms with Crippen LogP contribution in [-0.2, 0) is 6.54 Å². The fraction of sp³-hybridized carbons (Fsp3) is 0.214. The van der Waals surface area contributed by atoms with Gasteiger partial charge in [-0.2, -0.15) is 0 Å². The average Bonchev–Trinajstić information content (AvgIpc) is 2.74. The monoisotopic (exact) mass is 288 g/mol. The van der Waals surface area contributed by atoms with E-state index >= 15 is 0 Å². The van der Waals surface area contributed by atoms with Crippen LogP contribution in [0.1, 0.15) is 6.92 Å². The third-order valence-corrected chi connectivity index (χ3v) is 3.10. The van der Waals surface area contributed by atoms with Gasteiger partial charge in [0.25, 0.3) is 0 Å². The molecule has 0 aliphatic heterocycles. The molecule has 0 spiro atoms. The van der Waals surface area contributed by atoms with Crippen LogP contribution < -0.4 is 5.32 Å². The molecule has 0 unspecified atom stereocenters. The predicted molar refractivity (Wildman–Crippen MR) is 84.6 cm³/mol. The number of aromatic hydroxyl groups is 1. The maximum absolute atomic E-state index is 10.2. The number of hydrogen-bond donors (Lipinski definition) is 2. The molecule has 0 amide bonds. The van der Waals surface area contributed by atoms with Crippen molar-refractivity contribution in [3.8, 4) is 5.88 Å². The topological polar surface area (TPSA) is 61.9 Å². The molecule has 0 radical (unpaired) electrons. The Bertz CT molecular complexity index is 675. The summed E-state index contributed by atoms with van der Waals surface area (Å²) in [6.07, 6.45) is 1.68. The molecule has 0 fully saturated rings.